The molecule has 0 aromatic rings. The van der Waals surface area contributed by atoms with Gasteiger partial charge in [0.15, 0.2) is 0 Å². The van der Waals surface area contributed by atoms with Crippen LogP contribution >= 0.6 is 0 Å². The molecule has 0 spiro atoms. The summed E-state index contributed by atoms with van der Waals surface area (Å²) < 4.78 is 9.73. The zero-order valence-corrected chi connectivity index (χ0v) is 12.9. The molecule has 5 nitrogen and oxygen atoms in total. The molecule has 0 saturated heterocycles. The number of rotatable bonds is 3. The fourth-order valence-electron chi connectivity index (χ4n) is 1.12. The second kappa shape index (κ2) is 6.59. The van der Waals surface area contributed by atoms with Crippen LogP contribution in [0.15, 0.2) is 11.8 Å². The zero-order chi connectivity index (χ0) is 15.3. The van der Waals surface area contributed by atoms with Gasteiger partial charge in [-0.05, 0) is 32.6 Å². The Morgan fingerprint density at radius 2 is 1.63 bits per heavy atom. The van der Waals surface area contributed by atoms with Gasteiger partial charge in [0.2, 0.25) is 0 Å². The van der Waals surface area contributed by atoms with Gasteiger partial charge in [0.25, 0.3) is 0 Å². The molecule has 1 N–H and O–H groups in total. The average Bonchev–Trinajstić information content (AvgIpc) is 2.19. The molecule has 0 saturated carbocycles. The highest BCUT2D eigenvalue weighted by molar-refractivity contribution is 5.92. The summed E-state index contributed by atoms with van der Waals surface area (Å²) in [7, 11) is 1.27. The predicted octanol–water partition coefficient (Wildman–Crippen LogP) is 3.00. The van der Waals surface area contributed by atoms with Crippen LogP contribution in [0.3, 0.4) is 0 Å². The number of ether oxygens (including phenoxy) is 2. The summed E-state index contributed by atoms with van der Waals surface area (Å²) in [5.41, 5.74) is -0.504. The molecule has 0 aromatic carbocycles. The third kappa shape index (κ3) is 9.11. The number of amides is 1. The molecule has 0 radical (unpaired) electrons. The van der Waals surface area contributed by atoms with Crippen molar-refractivity contribution >= 4 is 12.1 Å². The van der Waals surface area contributed by atoms with Crippen molar-refractivity contribution in [2.24, 2.45) is 5.41 Å². The molecule has 0 heterocycles. The molecule has 0 bridgehead atoms. The van der Waals surface area contributed by atoms with Crippen LogP contribution in [0.4, 0.5) is 4.79 Å². The summed E-state index contributed by atoms with van der Waals surface area (Å²) in [6, 6.07) is 0. The van der Waals surface area contributed by atoms with Crippen molar-refractivity contribution in [3.63, 3.8) is 0 Å². The van der Waals surface area contributed by atoms with E-state index in [0.717, 1.165) is 0 Å². The maximum atomic E-state index is 11.6. The smallest absolute Gasteiger partial charge is 0.412 e. The van der Waals surface area contributed by atoms with Crippen molar-refractivity contribution in [1.82, 2.24) is 5.32 Å². The fourth-order valence-corrected chi connectivity index (χ4v) is 1.12. The van der Waals surface area contributed by atoms with E-state index in [4.69, 9.17) is 4.74 Å². The second-order valence-electron chi connectivity index (χ2n) is 6.50. The Bertz CT molecular complexity index is 359. The van der Waals surface area contributed by atoms with Gasteiger partial charge in [0.1, 0.15) is 11.3 Å². The number of allylic oxidation sites excluding steroid dienone is 1. The van der Waals surface area contributed by atoms with Crippen LogP contribution in [0.2, 0.25) is 0 Å². The summed E-state index contributed by atoms with van der Waals surface area (Å²) in [5.74, 6) is -0.588. The molecule has 0 aromatic heterocycles. The Balaban J connectivity index is 4.80. The van der Waals surface area contributed by atoms with Crippen molar-refractivity contribution in [1.29, 1.82) is 0 Å². The maximum Gasteiger partial charge on any atom is 0.412 e. The quantitative estimate of drug-likeness (QED) is 0.633. The Morgan fingerprint density at radius 3 is 2.00 bits per heavy atom. The van der Waals surface area contributed by atoms with Crippen molar-refractivity contribution in [3.8, 4) is 0 Å². The summed E-state index contributed by atoms with van der Waals surface area (Å²) >= 11 is 0. The Hall–Kier alpha value is -1.52. The van der Waals surface area contributed by atoms with Gasteiger partial charge in [-0.2, -0.15) is 0 Å². The maximum absolute atomic E-state index is 11.6. The van der Waals surface area contributed by atoms with Gasteiger partial charge in [-0.25, -0.2) is 9.59 Å². The van der Waals surface area contributed by atoms with E-state index < -0.39 is 17.7 Å². The van der Waals surface area contributed by atoms with Crippen LogP contribution in [-0.4, -0.2) is 24.8 Å². The van der Waals surface area contributed by atoms with Crippen molar-refractivity contribution in [2.75, 3.05) is 7.11 Å². The third-order valence-corrected chi connectivity index (χ3v) is 1.96. The van der Waals surface area contributed by atoms with E-state index in [1.54, 1.807) is 26.8 Å². The number of hydrogen-bond donors (Lipinski definition) is 1. The molecule has 0 fully saturated rings. The van der Waals surface area contributed by atoms with Crippen LogP contribution in [0.5, 0.6) is 0 Å². The normalized spacial score (nSPS) is 12.9. The number of carbonyl (C=O) groups is 2. The second-order valence-corrected chi connectivity index (χ2v) is 6.50. The predicted molar refractivity (Wildman–Crippen MR) is 73.5 cm³/mol. The number of esters is 1. The number of methoxy groups -OCH3 is 1. The molecular formula is C14H25NO4. The first-order chi connectivity index (χ1) is 8.44. The van der Waals surface area contributed by atoms with Gasteiger partial charge in [-0.3, -0.25) is 5.32 Å². The van der Waals surface area contributed by atoms with Crippen LogP contribution < -0.4 is 5.32 Å². The number of nitrogens with one attached hydrogen (secondary N) is 1. The molecule has 1 amide bonds. The van der Waals surface area contributed by atoms with Crippen LogP contribution in [0, 0.1) is 5.41 Å². The molecular weight excluding hydrogens is 246 g/mol. The third-order valence-electron chi connectivity index (χ3n) is 1.96. The first kappa shape index (κ1) is 17.5. The lowest BCUT2D eigenvalue weighted by molar-refractivity contribution is -0.136. The van der Waals surface area contributed by atoms with Gasteiger partial charge < -0.3 is 9.47 Å². The van der Waals surface area contributed by atoms with E-state index in [1.807, 2.05) is 20.8 Å². The van der Waals surface area contributed by atoms with E-state index in [-0.39, 0.29) is 11.1 Å². The lowest BCUT2D eigenvalue weighted by Gasteiger charge is -2.20. The average molecular weight is 271 g/mol. The Labute approximate surface area is 115 Å². The zero-order valence-electron chi connectivity index (χ0n) is 12.9. The molecule has 0 unspecified atom stereocenters. The lowest BCUT2D eigenvalue weighted by Crippen LogP contribution is -2.34. The van der Waals surface area contributed by atoms with Crippen molar-refractivity contribution in [2.45, 2.75) is 53.6 Å². The first-order valence-electron chi connectivity index (χ1n) is 6.23. The molecule has 0 aliphatic heterocycles. The minimum absolute atomic E-state index is 0.00881. The highest BCUT2D eigenvalue weighted by Crippen LogP contribution is 2.20. The number of alkyl carbamates (subject to hydrolysis) is 1. The highest BCUT2D eigenvalue weighted by Gasteiger charge is 2.20. The van der Waals surface area contributed by atoms with Gasteiger partial charge in [0.05, 0.1) is 7.11 Å². The SMILES string of the molecule is COC(=O)C(=CCC(C)(C)C)NC(=O)OC(C)(C)C. The molecule has 0 aliphatic rings. The minimum atomic E-state index is -0.668. The standard InChI is InChI=1S/C14H25NO4/c1-13(2,3)9-8-10(11(16)18-7)15-12(17)19-14(4,5)6/h8H,9H2,1-7H3,(H,15,17). The van der Waals surface area contributed by atoms with E-state index in [2.05, 4.69) is 10.1 Å². The van der Waals surface area contributed by atoms with E-state index in [0.29, 0.717) is 6.42 Å². The molecule has 19 heavy (non-hydrogen) atoms. The summed E-state index contributed by atoms with van der Waals surface area (Å²) in [4.78, 5) is 23.2. The van der Waals surface area contributed by atoms with Crippen LogP contribution in [0.1, 0.15) is 48.0 Å². The fraction of sp³-hybridized carbons (Fsp3) is 0.714. The van der Waals surface area contributed by atoms with Gasteiger partial charge in [-0.15, -0.1) is 0 Å². The summed E-state index contributed by atoms with van der Waals surface area (Å²) in [6.07, 6.45) is 1.61. The molecule has 0 atom stereocenters. The van der Waals surface area contributed by atoms with Gasteiger partial charge in [-0.1, -0.05) is 26.8 Å². The molecule has 110 valence electrons. The molecule has 5 heteroatoms. The van der Waals surface area contributed by atoms with Crippen LogP contribution in [-0.2, 0) is 14.3 Å². The Morgan fingerprint density at radius 1 is 1.11 bits per heavy atom. The van der Waals surface area contributed by atoms with Crippen LogP contribution in [0.25, 0.3) is 0 Å². The number of carbonyl (C=O) groups excluding carboxylic acids is 2. The first-order valence-corrected chi connectivity index (χ1v) is 6.23. The van der Waals surface area contributed by atoms with E-state index in [1.165, 1.54) is 7.11 Å². The monoisotopic (exact) mass is 271 g/mol. The largest absolute Gasteiger partial charge is 0.464 e. The van der Waals surface area contributed by atoms with Gasteiger partial charge >= 0.3 is 12.1 Å². The Kier molecular flexibility index (Phi) is 6.06. The summed E-state index contributed by atoms with van der Waals surface area (Å²) in [5, 5.41) is 2.42. The van der Waals surface area contributed by atoms with Crippen molar-refractivity contribution in [3.05, 3.63) is 11.8 Å². The summed E-state index contributed by atoms with van der Waals surface area (Å²) in [6.45, 7) is 11.4. The number of hydrogen-bond acceptors (Lipinski definition) is 4. The van der Waals surface area contributed by atoms with E-state index in [9.17, 15) is 9.59 Å². The molecule has 0 aliphatic carbocycles. The van der Waals surface area contributed by atoms with E-state index >= 15 is 0 Å². The highest BCUT2D eigenvalue weighted by atomic mass is 16.6. The lowest BCUT2D eigenvalue weighted by atomic mass is 9.92. The van der Waals surface area contributed by atoms with Gasteiger partial charge in [0, 0.05) is 0 Å². The van der Waals surface area contributed by atoms with Crippen molar-refractivity contribution < 1.29 is 19.1 Å². The minimum Gasteiger partial charge on any atom is -0.464 e. The topological polar surface area (TPSA) is 64.6 Å². The molecule has 0 rings (SSSR count).